The lowest BCUT2D eigenvalue weighted by Crippen LogP contribution is -2.37. The number of nitrogens with zero attached hydrogens (tertiary/aromatic N) is 2. The second kappa shape index (κ2) is 14.1. The lowest BCUT2D eigenvalue weighted by atomic mass is 9.87. The molecule has 0 aliphatic carbocycles. The second-order valence-corrected chi connectivity index (χ2v) is 6.77. The zero-order valence-corrected chi connectivity index (χ0v) is 16.5. The summed E-state index contributed by atoms with van der Waals surface area (Å²) in [5, 5.41) is 11.9. The summed E-state index contributed by atoms with van der Waals surface area (Å²) in [7, 11) is 0. The summed E-state index contributed by atoms with van der Waals surface area (Å²) in [6.07, 6.45) is 3.98. The Morgan fingerprint density at radius 1 is 1.08 bits per heavy atom. The number of carbonyl (C=O) groups excluding carboxylic acids is 3. The van der Waals surface area contributed by atoms with Crippen LogP contribution >= 0.6 is 0 Å². The van der Waals surface area contributed by atoms with Gasteiger partial charge in [0.2, 0.25) is 12.2 Å². The van der Waals surface area contributed by atoms with Gasteiger partial charge in [0.15, 0.2) is 5.54 Å². The molecule has 0 heterocycles. The molecule has 0 fully saturated rings. The average Bonchev–Trinajstić information content (AvgIpc) is 2.53. The molecule has 0 rings (SSSR count). The first kappa shape index (κ1) is 26.1. The lowest BCUT2D eigenvalue weighted by Gasteiger charge is -2.23. The van der Waals surface area contributed by atoms with Crippen molar-refractivity contribution >= 4 is 24.0 Å². The van der Waals surface area contributed by atoms with Crippen molar-refractivity contribution in [3.63, 3.8) is 0 Å². The molecule has 1 unspecified atom stereocenters. The summed E-state index contributed by atoms with van der Waals surface area (Å²) in [6.45, 7) is 12.1. The number of hydrogen-bond donors (Lipinski definition) is 2. The highest BCUT2D eigenvalue weighted by Crippen LogP contribution is 2.25. The van der Waals surface area contributed by atoms with Crippen molar-refractivity contribution < 1.29 is 24.3 Å². The number of aliphatic imine (C=N–C) groups is 2. The van der Waals surface area contributed by atoms with Crippen LogP contribution in [0.5, 0.6) is 0 Å². The van der Waals surface area contributed by atoms with Gasteiger partial charge < -0.3 is 10.4 Å². The highest BCUT2D eigenvalue weighted by atomic mass is 16.4. The SMILES string of the molecule is CCC(CC(C)C)(N=C=O)C(=O)O.CCN[C@@H](CC(C)C)C(=O)N=C=O. The van der Waals surface area contributed by atoms with E-state index in [1.807, 2.05) is 34.6 Å². The standard InChI is InChI=1S/C9H16N2O2.C9H15NO3/c1-4-10-8(5-7(2)3)9(13)11-6-12;1-4-9(8(12)13,10-6-11)5-7(2)3/h7-8,10H,4-5H2,1-3H3;7H,4-5H2,1-3H3,(H,12,13)/t8-;/m0./s1. The van der Waals surface area contributed by atoms with Crippen LogP contribution in [-0.2, 0) is 19.2 Å². The Kier molecular flexibility index (Phi) is 14.1. The number of carbonyl (C=O) groups is 2. The number of amides is 1. The fraction of sp³-hybridized carbons (Fsp3) is 0.778. The fourth-order valence-electron chi connectivity index (χ4n) is 2.43. The van der Waals surface area contributed by atoms with Crippen LogP contribution < -0.4 is 5.32 Å². The van der Waals surface area contributed by atoms with E-state index in [0.717, 1.165) is 0 Å². The number of hydrogen-bond acceptors (Lipinski definition) is 6. The fourth-order valence-corrected chi connectivity index (χ4v) is 2.43. The van der Waals surface area contributed by atoms with Crippen molar-refractivity contribution in [1.29, 1.82) is 0 Å². The maximum Gasteiger partial charge on any atom is 0.332 e. The van der Waals surface area contributed by atoms with Gasteiger partial charge in [-0.05, 0) is 37.6 Å². The van der Waals surface area contributed by atoms with Gasteiger partial charge in [0, 0.05) is 0 Å². The Labute approximate surface area is 155 Å². The third-order valence-electron chi connectivity index (χ3n) is 3.60. The van der Waals surface area contributed by atoms with E-state index >= 15 is 0 Å². The summed E-state index contributed by atoms with van der Waals surface area (Å²) < 4.78 is 0. The number of carboxylic acids is 1. The van der Waals surface area contributed by atoms with Crippen LogP contribution in [0.2, 0.25) is 0 Å². The predicted octanol–water partition coefficient (Wildman–Crippen LogP) is 2.47. The third kappa shape index (κ3) is 10.7. The predicted molar refractivity (Wildman–Crippen MR) is 98.3 cm³/mol. The molecule has 0 radical (unpaired) electrons. The summed E-state index contributed by atoms with van der Waals surface area (Å²) in [6, 6.07) is -0.341. The van der Waals surface area contributed by atoms with Gasteiger partial charge in [0.1, 0.15) is 0 Å². The molecule has 8 nitrogen and oxygen atoms in total. The van der Waals surface area contributed by atoms with Gasteiger partial charge in [-0.1, -0.05) is 41.5 Å². The van der Waals surface area contributed by atoms with Crippen LogP contribution in [0, 0.1) is 11.8 Å². The molecule has 1 amide bonds. The maximum absolute atomic E-state index is 11.2. The van der Waals surface area contributed by atoms with Crippen LogP contribution in [0.1, 0.15) is 60.8 Å². The number of likely N-dealkylation sites (N-methyl/N-ethyl adjacent to an activating group) is 1. The molecule has 0 saturated heterocycles. The summed E-state index contributed by atoms with van der Waals surface area (Å²) >= 11 is 0. The van der Waals surface area contributed by atoms with E-state index in [9.17, 15) is 19.2 Å². The smallest absolute Gasteiger partial charge is 0.332 e. The average molecular weight is 369 g/mol. The molecular weight excluding hydrogens is 338 g/mol. The van der Waals surface area contributed by atoms with Crippen LogP contribution in [0.15, 0.2) is 9.98 Å². The van der Waals surface area contributed by atoms with E-state index in [1.54, 1.807) is 6.92 Å². The highest BCUT2D eigenvalue weighted by molar-refractivity contribution is 5.86. The number of rotatable bonds is 10. The topological polar surface area (TPSA) is 125 Å². The monoisotopic (exact) mass is 369 g/mol. The first-order chi connectivity index (χ1) is 12.1. The summed E-state index contributed by atoms with van der Waals surface area (Å²) in [4.78, 5) is 48.6. The van der Waals surface area contributed by atoms with Gasteiger partial charge in [-0.2, -0.15) is 4.99 Å². The van der Waals surface area contributed by atoms with Crippen molar-refractivity contribution in [2.75, 3.05) is 6.54 Å². The van der Waals surface area contributed by atoms with Crippen molar-refractivity contribution in [2.24, 2.45) is 21.8 Å². The molecule has 2 N–H and O–H groups in total. The van der Waals surface area contributed by atoms with Crippen molar-refractivity contribution in [2.45, 2.75) is 72.4 Å². The second-order valence-electron chi connectivity index (χ2n) is 6.77. The van der Waals surface area contributed by atoms with E-state index in [4.69, 9.17) is 5.11 Å². The largest absolute Gasteiger partial charge is 0.479 e. The van der Waals surface area contributed by atoms with E-state index in [0.29, 0.717) is 31.7 Å². The molecule has 8 heteroatoms. The van der Waals surface area contributed by atoms with Crippen LogP contribution in [0.4, 0.5) is 0 Å². The zero-order chi connectivity index (χ0) is 20.8. The molecule has 0 aliphatic heterocycles. The Morgan fingerprint density at radius 3 is 1.96 bits per heavy atom. The minimum absolute atomic E-state index is 0.188. The molecule has 148 valence electrons. The number of aliphatic carboxylic acids is 1. The quantitative estimate of drug-likeness (QED) is 0.450. The number of isocyanates is 2. The zero-order valence-electron chi connectivity index (χ0n) is 16.5. The Hall–Kier alpha value is -2.14. The molecule has 26 heavy (non-hydrogen) atoms. The molecular formula is C18H31N3O5. The van der Waals surface area contributed by atoms with E-state index in [2.05, 4.69) is 15.3 Å². The maximum atomic E-state index is 11.2. The van der Waals surface area contributed by atoms with Gasteiger partial charge in [-0.25, -0.2) is 14.4 Å². The molecule has 0 bridgehead atoms. The number of carboxylic acid groups (broad SMARTS) is 1. The van der Waals surface area contributed by atoms with E-state index in [-0.39, 0.29) is 12.0 Å². The van der Waals surface area contributed by atoms with Gasteiger partial charge in [0.05, 0.1) is 6.04 Å². The van der Waals surface area contributed by atoms with Crippen molar-refractivity contribution in [1.82, 2.24) is 5.32 Å². The minimum Gasteiger partial charge on any atom is -0.479 e. The van der Waals surface area contributed by atoms with Crippen molar-refractivity contribution in [3.8, 4) is 0 Å². The molecule has 2 atom stereocenters. The normalized spacial score (nSPS) is 13.5. The van der Waals surface area contributed by atoms with Gasteiger partial charge in [-0.15, -0.1) is 4.99 Å². The molecule has 0 aromatic heterocycles. The molecule has 0 aromatic rings. The van der Waals surface area contributed by atoms with Gasteiger partial charge >= 0.3 is 5.97 Å². The highest BCUT2D eigenvalue weighted by Gasteiger charge is 2.37. The third-order valence-corrected chi connectivity index (χ3v) is 3.60. The van der Waals surface area contributed by atoms with Crippen LogP contribution in [0.25, 0.3) is 0 Å². The van der Waals surface area contributed by atoms with Gasteiger partial charge in [-0.3, -0.25) is 4.79 Å². The summed E-state index contributed by atoms with van der Waals surface area (Å²) in [5.74, 6) is -0.888. The van der Waals surface area contributed by atoms with Crippen molar-refractivity contribution in [3.05, 3.63) is 0 Å². The molecule has 0 aromatic carbocycles. The Morgan fingerprint density at radius 2 is 1.65 bits per heavy atom. The minimum atomic E-state index is -1.27. The van der Waals surface area contributed by atoms with E-state index < -0.39 is 17.4 Å². The first-order valence-electron chi connectivity index (χ1n) is 8.77. The van der Waals surface area contributed by atoms with Crippen LogP contribution in [0.3, 0.4) is 0 Å². The van der Waals surface area contributed by atoms with E-state index in [1.165, 1.54) is 12.2 Å². The molecule has 0 aliphatic rings. The van der Waals surface area contributed by atoms with Gasteiger partial charge in [0.25, 0.3) is 5.91 Å². The molecule has 0 spiro atoms. The summed E-state index contributed by atoms with van der Waals surface area (Å²) in [5.41, 5.74) is -1.27. The number of nitrogens with one attached hydrogen (secondary N) is 1. The molecule has 0 saturated carbocycles. The Bertz CT molecular complexity index is 531. The lowest BCUT2D eigenvalue weighted by molar-refractivity contribution is -0.144. The Balaban J connectivity index is 0. The first-order valence-corrected chi connectivity index (χ1v) is 8.77. The van der Waals surface area contributed by atoms with Crippen LogP contribution in [-0.4, -0.2) is 47.3 Å².